The normalized spacial score (nSPS) is 11.9. The molecule has 0 saturated carbocycles. The van der Waals surface area contributed by atoms with Gasteiger partial charge in [0.1, 0.15) is 5.75 Å². The number of para-hydroxylation sites is 1. The summed E-state index contributed by atoms with van der Waals surface area (Å²) in [4.78, 5) is 0. The number of alkyl halides is 1. The quantitative estimate of drug-likeness (QED) is 0.769. The molecule has 0 heterocycles. The van der Waals surface area contributed by atoms with E-state index >= 15 is 0 Å². The van der Waals surface area contributed by atoms with Crippen LogP contribution in [-0.2, 0) is 0 Å². The Hall–Kier alpha value is -1.87. The molecule has 0 aliphatic rings. The summed E-state index contributed by atoms with van der Waals surface area (Å²) in [6.45, 7) is 2.00. The van der Waals surface area contributed by atoms with Gasteiger partial charge in [-0.2, -0.15) is 0 Å². The largest absolute Gasteiger partial charge is 0.496 e. The van der Waals surface area contributed by atoms with E-state index in [1.807, 2.05) is 43.3 Å². The Bertz CT molecular complexity index is 625. The van der Waals surface area contributed by atoms with Crippen molar-refractivity contribution in [1.29, 1.82) is 0 Å². The topological polar surface area (TPSA) is 27.7 Å². The number of ether oxygens (including phenoxy) is 3. The Morgan fingerprint density at radius 3 is 2.00 bits per heavy atom. The average molecular weight is 307 g/mol. The van der Waals surface area contributed by atoms with Crippen LogP contribution in [0.4, 0.5) is 0 Å². The first-order valence-corrected chi connectivity index (χ1v) is 7.05. The van der Waals surface area contributed by atoms with Crippen LogP contribution >= 0.6 is 11.6 Å². The van der Waals surface area contributed by atoms with E-state index in [1.54, 1.807) is 21.3 Å². The molecule has 2 rings (SSSR count). The van der Waals surface area contributed by atoms with E-state index in [9.17, 15) is 0 Å². The molecule has 0 bridgehead atoms. The molecule has 0 fully saturated rings. The molecule has 0 amide bonds. The van der Waals surface area contributed by atoms with E-state index in [0.717, 1.165) is 22.4 Å². The zero-order valence-corrected chi connectivity index (χ0v) is 13.4. The average Bonchev–Trinajstić information content (AvgIpc) is 2.53. The fourth-order valence-corrected chi connectivity index (χ4v) is 2.73. The highest BCUT2D eigenvalue weighted by molar-refractivity contribution is 6.23. The van der Waals surface area contributed by atoms with Crippen molar-refractivity contribution in [3.8, 4) is 17.2 Å². The van der Waals surface area contributed by atoms with Crippen molar-refractivity contribution in [3.05, 3.63) is 53.1 Å². The van der Waals surface area contributed by atoms with Crippen LogP contribution in [0, 0.1) is 6.92 Å². The second-order valence-corrected chi connectivity index (χ2v) is 5.10. The molecule has 0 aromatic heterocycles. The minimum atomic E-state index is -0.319. The molecule has 3 nitrogen and oxygen atoms in total. The molecule has 0 N–H and O–H groups in total. The van der Waals surface area contributed by atoms with Gasteiger partial charge in [0.05, 0.1) is 26.7 Å². The Labute approximate surface area is 130 Å². The molecule has 0 radical (unpaired) electrons. The van der Waals surface area contributed by atoms with Gasteiger partial charge in [-0.25, -0.2) is 0 Å². The first-order chi connectivity index (χ1) is 10.1. The number of hydrogen-bond acceptors (Lipinski definition) is 3. The van der Waals surface area contributed by atoms with Crippen molar-refractivity contribution in [1.82, 2.24) is 0 Å². The molecular formula is C17H19ClO3. The first-order valence-electron chi connectivity index (χ1n) is 6.61. The maximum Gasteiger partial charge on any atom is 0.161 e. The Balaban J connectivity index is 2.50. The third-order valence-corrected chi connectivity index (χ3v) is 3.93. The molecule has 0 spiro atoms. The van der Waals surface area contributed by atoms with Crippen molar-refractivity contribution >= 4 is 11.6 Å². The van der Waals surface area contributed by atoms with Gasteiger partial charge < -0.3 is 14.2 Å². The molecule has 0 aliphatic heterocycles. The number of halogens is 1. The van der Waals surface area contributed by atoms with Gasteiger partial charge in [0, 0.05) is 5.56 Å². The summed E-state index contributed by atoms with van der Waals surface area (Å²) in [5, 5.41) is -0.319. The number of rotatable bonds is 5. The van der Waals surface area contributed by atoms with Gasteiger partial charge in [0.2, 0.25) is 0 Å². The monoisotopic (exact) mass is 306 g/mol. The Morgan fingerprint density at radius 1 is 0.810 bits per heavy atom. The van der Waals surface area contributed by atoms with E-state index in [0.29, 0.717) is 11.5 Å². The molecular weight excluding hydrogens is 288 g/mol. The van der Waals surface area contributed by atoms with Crippen molar-refractivity contribution < 1.29 is 14.2 Å². The second-order valence-electron chi connectivity index (χ2n) is 4.67. The maximum atomic E-state index is 6.67. The van der Waals surface area contributed by atoms with E-state index in [2.05, 4.69) is 0 Å². The summed E-state index contributed by atoms with van der Waals surface area (Å²) in [6, 6.07) is 11.6. The van der Waals surface area contributed by atoms with Gasteiger partial charge in [-0.1, -0.05) is 18.2 Å². The number of methoxy groups -OCH3 is 3. The zero-order chi connectivity index (χ0) is 15.4. The van der Waals surface area contributed by atoms with Crippen LogP contribution < -0.4 is 14.2 Å². The summed E-state index contributed by atoms with van der Waals surface area (Å²) in [6.07, 6.45) is 0. The fourth-order valence-electron chi connectivity index (χ4n) is 2.31. The molecule has 1 atom stereocenters. The third-order valence-electron chi connectivity index (χ3n) is 3.46. The Morgan fingerprint density at radius 2 is 1.38 bits per heavy atom. The lowest BCUT2D eigenvalue weighted by Gasteiger charge is -2.18. The fraction of sp³-hybridized carbons (Fsp3) is 0.294. The standard InChI is InChI=1S/C17H19ClO3/c1-11-9-15(20-3)16(21-4)10-13(11)17(18)12-7-5-6-8-14(12)19-2/h5-10,17H,1-4H3. The maximum absolute atomic E-state index is 6.67. The van der Waals surface area contributed by atoms with Crippen LogP contribution in [0.2, 0.25) is 0 Å². The van der Waals surface area contributed by atoms with Crippen LogP contribution in [-0.4, -0.2) is 21.3 Å². The molecule has 0 aliphatic carbocycles. The highest BCUT2D eigenvalue weighted by Gasteiger charge is 2.19. The predicted molar refractivity (Wildman–Crippen MR) is 85.0 cm³/mol. The van der Waals surface area contributed by atoms with Gasteiger partial charge >= 0.3 is 0 Å². The van der Waals surface area contributed by atoms with Gasteiger partial charge in [0.15, 0.2) is 11.5 Å². The molecule has 21 heavy (non-hydrogen) atoms. The SMILES string of the molecule is COc1cc(C)c(C(Cl)c2ccccc2OC)cc1OC. The van der Waals surface area contributed by atoms with E-state index in [1.165, 1.54) is 0 Å². The van der Waals surface area contributed by atoms with Crippen LogP contribution in [0.3, 0.4) is 0 Å². The number of benzene rings is 2. The van der Waals surface area contributed by atoms with Crippen LogP contribution in [0.15, 0.2) is 36.4 Å². The minimum Gasteiger partial charge on any atom is -0.496 e. The van der Waals surface area contributed by atoms with Gasteiger partial charge in [-0.15, -0.1) is 11.6 Å². The molecule has 2 aromatic carbocycles. The first kappa shape index (κ1) is 15.5. The lowest BCUT2D eigenvalue weighted by molar-refractivity contribution is 0.354. The van der Waals surface area contributed by atoms with E-state index < -0.39 is 0 Å². The zero-order valence-electron chi connectivity index (χ0n) is 12.6. The Kier molecular flexibility index (Phi) is 4.97. The molecule has 1 unspecified atom stereocenters. The van der Waals surface area contributed by atoms with E-state index in [4.69, 9.17) is 25.8 Å². The highest BCUT2D eigenvalue weighted by atomic mass is 35.5. The molecule has 0 saturated heterocycles. The molecule has 4 heteroatoms. The second kappa shape index (κ2) is 6.72. The summed E-state index contributed by atoms with van der Waals surface area (Å²) in [5.74, 6) is 2.13. The summed E-state index contributed by atoms with van der Waals surface area (Å²) in [5.41, 5.74) is 2.94. The minimum absolute atomic E-state index is 0.319. The van der Waals surface area contributed by atoms with Gasteiger partial charge in [0.25, 0.3) is 0 Å². The lowest BCUT2D eigenvalue weighted by Crippen LogP contribution is -2.01. The van der Waals surface area contributed by atoms with Gasteiger partial charge in [-0.3, -0.25) is 0 Å². The summed E-state index contributed by atoms with van der Waals surface area (Å²) in [7, 11) is 4.88. The van der Waals surface area contributed by atoms with Crippen molar-refractivity contribution in [3.63, 3.8) is 0 Å². The predicted octanol–water partition coefficient (Wildman–Crippen LogP) is 4.35. The van der Waals surface area contributed by atoms with Crippen molar-refractivity contribution in [2.75, 3.05) is 21.3 Å². The van der Waals surface area contributed by atoms with Crippen molar-refractivity contribution in [2.45, 2.75) is 12.3 Å². The highest BCUT2D eigenvalue weighted by Crippen LogP contribution is 2.40. The van der Waals surface area contributed by atoms with E-state index in [-0.39, 0.29) is 5.38 Å². The smallest absolute Gasteiger partial charge is 0.161 e. The molecule has 2 aromatic rings. The van der Waals surface area contributed by atoms with Crippen LogP contribution in [0.5, 0.6) is 17.2 Å². The number of aryl methyl sites for hydroxylation is 1. The van der Waals surface area contributed by atoms with Gasteiger partial charge in [-0.05, 0) is 36.2 Å². The number of hydrogen-bond donors (Lipinski definition) is 0. The third kappa shape index (κ3) is 3.08. The van der Waals surface area contributed by atoms with Crippen LogP contribution in [0.1, 0.15) is 22.1 Å². The summed E-state index contributed by atoms with van der Waals surface area (Å²) < 4.78 is 16.1. The van der Waals surface area contributed by atoms with Crippen LogP contribution in [0.25, 0.3) is 0 Å². The summed E-state index contributed by atoms with van der Waals surface area (Å²) >= 11 is 6.67. The molecule has 112 valence electrons. The lowest BCUT2D eigenvalue weighted by atomic mass is 9.98. The van der Waals surface area contributed by atoms with Crippen molar-refractivity contribution in [2.24, 2.45) is 0 Å².